The number of aryl methyl sites for hydroxylation is 1. The molecular formula is C19H20N2O2. The summed E-state index contributed by atoms with van der Waals surface area (Å²) < 4.78 is 1.36. The molecule has 0 spiro atoms. The smallest absolute Gasteiger partial charge is 0.274 e. The summed E-state index contributed by atoms with van der Waals surface area (Å²) in [5.41, 5.74) is 1.69. The maximum Gasteiger partial charge on any atom is 0.274 e. The predicted molar refractivity (Wildman–Crippen MR) is 92.5 cm³/mol. The van der Waals surface area contributed by atoms with Crippen LogP contribution in [0.15, 0.2) is 53.3 Å². The molecule has 0 atom stereocenters. The molecule has 0 saturated heterocycles. The fraction of sp³-hybridized carbons (Fsp3) is 0.263. The van der Waals surface area contributed by atoms with E-state index in [-0.39, 0.29) is 12.1 Å². The van der Waals surface area contributed by atoms with E-state index in [0.717, 1.165) is 16.6 Å². The molecule has 3 aromatic rings. The van der Waals surface area contributed by atoms with Gasteiger partial charge < -0.3 is 5.11 Å². The van der Waals surface area contributed by atoms with Crippen molar-refractivity contribution in [1.29, 1.82) is 0 Å². The molecule has 0 amide bonds. The van der Waals surface area contributed by atoms with Gasteiger partial charge in [-0.25, -0.2) is 4.68 Å². The molecule has 3 rings (SSSR count). The fourth-order valence-corrected chi connectivity index (χ4v) is 2.63. The molecule has 23 heavy (non-hydrogen) atoms. The Hall–Kier alpha value is -2.46. The molecule has 0 aliphatic rings. The zero-order valence-corrected chi connectivity index (χ0v) is 13.6. The van der Waals surface area contributed by atoms with Crippen LogP contribution in [0.25, 0.3) is 22.0 Å². The second-order valence-corrected chi connectivity index (χ2v) is 6.54. The summed E-state index contributed by atoms with van der Waals surface area (Å²) in [5.74, 6) is 0. The number of benzene rings is 2. The average Bonchev–Trinajstić information content (AvgIpc) is 2.50. The number of aliphatic hydroxyl groups is 1. The Morgan fingerprint density at radius 3 is 2.26 bits per heavy atom. The van der Waals surface area contributed by atoms with Crippen LogP contribution in [0.1, 0.15) is 19.4 Å². The summed E-state index contributed by atoms with van der Waals surface area (Å²) >= 11 is 0. The molecule has 0 radical (unpaired) electrons. The zero-order valence-electron chi connectivity index (χ0n) is 13.6. The van der Waals surface area contributed by atoms with E-state index in [4.69, 9.17) is 0 Å². The first-order valence-electron chi connectivity index (χ1n) is 7.64. The highest BCUT2D eigenvalue weighted by Crippen LogP contribution is 2.25. The van der Waals surface area contributed by atoms with E-state index in [1.165, 1.54) is 10.2 Å². The summed E-state index contributed by atoms with van der Waals surface area (Å²) in [6, 6.07) is 15.5. The SMILES string of the molecule is Cc1ccc(-c2nn(CC(C)(C)O)c(=O)c3ccccc23)cc1. The molecule has 0 unspecified atom stereocenters. The highest BCUT2D eigenvalue weighted by molar-refractivity contribution is 5.93. The van der Waals surface area contributed by atoms with Crippen LogP contribution in [-0.4, -0.2) is 20.5 Å². The maximum atomic E-state index is 12.6. The normalized spacial score (nSPS) is 11.8. The number of fused-ring (bicyclic) bond motifs is 1. The molecule has 4 nitrogen and oxygen atoms in total. The van der Waals surface area contributed by atoms with Gasteiger partial charge in [-0.3, -0.25) is 4.79 Å². The molecule has 0 aliphatic carbocycles. The third kappa shape index (κ3) is 3.17. The minimum atomic E-state index is -1.01. The van der Waals surface area contributed by atoms with Crippen LogP contribution in [0.2, 0.25) is 0 Å². The molecular weight excluding hydrogens is 288 g/mol. The second-order valence-electron chi connectivity index (χ2n) is 6.54. The van der Waals surface area contributed by atoms with E-state index in [2.05, 4.69) is 5.10 Å². The lowest BCUT2D eigenvalue weighted by molar-refractivity contribution is 0.0564. The molecule has 1 heterocycles. The van der Waals surface area contributed by atoms with Gasteiger partial charge in [0.2, 0.25) is 0 Å². The zero-order chi connectivity index (χ0) is 16.6. The van der Waals surface area contributed by atoms with Crippen LogP contribution in [0, 0.1) is 6.92 Å². The van der Waals surface area contributed by atoms with E-state index in [1.54, 1.807) is 19.9 Å². The van der Waals surface area contributed by atoms with Crippen molar-refractivity contribution in [2.24, 2.45) is 0 Å². The first-order chi connectivity index (χ1) is 10.8. The van der Waals surface area contributed by atoms with Crippen LogP contribution in [-0.2, 0) is 6.54 Å². The van der Waals surface area contributed by atoms with Crippen LogP contribution in [0.3, 0.4) is 0 Å². The maximum absolute atomic E-state index is 12.6. The highest BCUT2D eigenvalue weighted by atomic mass is 16.3. The van der Waals surface area contributed by atoms with Gasteiger partial charge >= 0.3 is 0 Å². The lowest BCUT2D eigenvalue weighted by Crippen LogP contribution is -2.34. The molecule has 1 aromatic heterocycles. The minimum Gasteiger partial charge on any atom is -0.389 e. The average molecular weight is 308 g/mol. The van der Waals surface area contributed by atoms with Gasteiger partial charge in [0, 0.05) is 10.9 Å². The molecule has 0 aliphatic heterocycles. The standard InChI is InChI=1S/C19H20N2O2/c1-13-8-10-14(11-9-13)17-15-6-4-5-7-16(15)18(22)21(20-17)12-19(2,3)23/h4-11,23H,12H2,1-3H3. The first-order valence-corrected chi connectivity index (χ1v) is 7.64. The summed E-state index contributed by atoms with van der Waals surface area (Å²) in [4.78, 5) is 12.6. The van der Waals surface area contributed by atoms with E-state index < -0.39 is 5.60 Å². The van der Waals surface area contributed by atoms with Crippen LogP contribution in [0.5, 0.6) is 0 Å². The Kier molecular flexibility index (Phi) is 3.78. The van der Waals surface area contributed by atoms with Crippen molar-refractivity contribution < 1.29 is 5.11 Å². The van der Waals surface area contributed by atoms with E-state index >= 15 is 0 Å². The Morgan fingerprint density at radius 1 is 1.04 bits per heavy atom. The lowest BCUT2D eigenvalue weighted by Gasteiger charge is -2.19. The quantitative estimate of drug-likeness (QED) is 0.808. The van der Waals surface area contributed by atoms with Gasteiger partial charge in [-0.05, 0) is 26.8 Å². The van der Waals surface area contributed by atoms with Gasteiger partial charge in [-0.15, -0.1) is 0 Å². The number of nitrogens with zero attached hydrogens (tertiary/aromatic N) is 2. The van der Waals surface area contributed by atoms with Crippen LogP contribution < -0.4 is 5.56 Å². The van der Waals surface area contributed by atoms with Gasteiger partial charge in [-0.1, -0.05) is 48.0 Å². The predicted octanol–water partition coefficient (Wildman–Crippen LogP) is 3.14. The fourth-order valence-electron chi connectivity index (χ4n) is 2.63. The molecule has 0 saturated carbocycles. The molecule has 4 heteroatoms. The molecule has 2 aromatic carbocycles. The van der Waals surface area contributed by atoms with Gasteiger partial charge in [0.15, 0.2) is 0 Å². The Morgan fingerprint density at radius 2 is 1.65 bits per heavy atom. The highest BCUT2D eigenvalue weighted by Gasteiger charge is 2.18. The molecule has 118 valence electrons. The van der Waals surface area contributed by atoms with Crippen molar-refractivity contribution >= 4 is 10.8 Å². The summed E-state index contributed by atoms with van der Waals surface area (Å²) in [6.45, 7) is 5.52. The van der Waals surface area contributed by atoms with Gasteiger partial charge in [0.25, 0.3) is 5.56 Å². The number of hydrogen-bond donors (Lipinski definition) is 1. The Bertz CT molecular complexity index is 903. The summed E-state index contributed by atoms with van der Waals surface area (Å²) in [6.07, 6.45) is 0. The lowest BCUT2D eigenvalue weighted by atomic mass is 10.0. The van der Waals surface area contributed by atoms with Crippen LogP contribution in [0.4, 0.5) is 0 Å². The third-order valence-corrected chi connectivity index (χ3v) is 3.73. The van der Waals surface area contributed by atoms with Gasteiger partial charge in [-0.2, -0.15) is 5.10 Å². The molecule has 1 N–H and O–H groups in total. The van der Waals surface area contributed by atoms with E-state index in [0.29, 0.717) is 5.39 Å². The van der Waals surface area contributed by atoms with Crippen molar-refractivity contribution in [3.8, 4) is 11.3 Å². The molecule has 0 fully saturated rings. The summed E-state index contributed by atoms with van der Waals surface area (Å²) in [7, 11) is 0. The molecule has 0 bridgehead atoms. The monoisotopic (exact) mass is 308 g/mol. The van der Waals surface area contributed by atoms with Crippen molar-refractivity contribution in [2.45, 2.75) is 32.9 Å². The van der Waals surface area contributed by atoms with Crippen molar-refractivity contribution in [2.75, 3.05) is 0 Å². The van der Waals surface area contributed by atoms with Gasteiger partial charge in [0.1, 0.15) is 0 Å². The van der Waals surface area contributed by atoms with Crippen molar-refractivity contribution in [3.05, 3.63) is 64.4 Å². The van der Waals surface area contributed by atoms with Crippen molar-refractivity contribution in [1.82, 2.24) is 9.78 Å². The minimum absolute atomic E-state index is 0.148. The van der Waals surface area contributed by atoms with E-state index in [9.17, 15) is 9.90 Å². The third-order valence-electron chi connectivity index (χ3n) is 3.73. The largest absolute Gasteiger partial charge is 0.389 e. The Balaban J connectivity index is 2.29. The Labute approximate surface area is 135 Å². The number of hydrogen-bond acceptors (Lipinski definition) is 3. The van der Waals surface area contributed by atoms with Gasteiger partial charge in [0.05, 0.1) is 23.2 Å². The van der Waals surface area contributed by atoms with Crippen LogP contribution >= 0.6 is 0 Å². The number of aromatic nitrogens is 2. The van der Waals surface area contributed by atoms with E-state index in [1.807, 2.05) is 49.4 Å². The summed E-state index contributed by atoms with van der Waals surface area (Å²) in [5, 5.41) is 16.0. The second kappa shape index (κ2) is 5.63. The topological polar surface area (TPSA) is 55.1 Å². The number of rotatable bonds is 3. The van der Waals surface area contributed by atoms with Crippen molar-refractivity contribution in [3.63, 3.8) is 0 Å². The first kappa shape index (κ1) is 15.4.